The molecule has 4 saturated heterocycles. The van der Waals surface area contributed by atoms with Crippen LogP contribution in [0.4, 0.5) is 0 Å². The maximum Gasteiger partial charge on any atom is 0.344 e. The third-order valence-electron chi connectivity index (χ3n) is 37.8. The molecule has 12 atom stereocenters. The van der Waals surface area contributed by atoms with Crippen molar-refractivity contribution in [2.24, 2.45) is 139 Å². The molecule has 12 unspecified atom stereocenters. The van der Waals surface area contributed by atoms with E-state index in [0.717, 1.165) is 113 Å². The van der Waals surface area contributed by atoms with Gasteiger partial charge in [0.05, 0.1) is 68.2 Å². The molecule has 22 aliphatic rings. The van der Waals surface area contributed by atoms with Crippen LogP contribution in [0.1, 0.15) is 364 Å². The number of esters is 12. The van der Waals surface area contributed by atoms with Crippen LogP contribution in [0, 0.1) is 139 Å². The Bertz CT molecular complexity index is 4450. The maximum absolute atomic E-state index is 12.8. The molecule has 0 aromatic carbocycles. The highest BCUT2D eigenvalue weighted by Gasteiger charge is 2.69. The molecule has 18 saturated carbocycles. The fourth-order valence-electron chi connectivity index (χ4n) is 28.0. The molecule has 4 heterocycles. The summed E-state index contributed by atoms with van der Waals surface area (Å²) in [6, 6.07) is 0. The fraction of sp³-hybridized carbons (Fsp3) is 0.889. The summed E-state index contributed by atoms with van der Waals surface area (Å²) in [7, 11) is -3.56. The van der Waals surface area contributed by atoms with E-state index in [1.165, 1.54) is 77.0 Å². The lowest BCUT2D eigenvalue weighted by Gasteiger charge is -2.62. The number of carbonyl (C=O) groups is 12. The van der Waals surface area contributed by atoms with Crippen LogP contribution < -0.4 is 0 Å². The summed E-state index contributed by atoms with van der Waals surface area (Å²) in [5, 5.41) is 10.2. The molecule has 0 radical (unpaired) electrons. The summed E-state index contributed by atoms with van der Waals surface area (Å²) in [5.41, 5.74) is -4.61. The second-order valence-corrected chi connectivity index (χ2v) is 51.6. The van der Waals surface area contributed by atoms with Crippen LogP contribution in [0.5, 0.6) is 0 Å². The summed E-state index contributed by atoms with van der Waals surface area (Å²) in [4.78, 5) is 145. The number of carbonyl (C=O) groups excluding carboxylic acids is 12. The Morgan fingerprint density at radius 1 is 0.406 bits per heavy atom. The Hall–Kier alpha value is -6.53. The van der Waals surface area contributed by atoms with Crippen molar-refractivity contribution in [2.75, 3.05) is 33.0 Å². The van der Waals surface area contributed by atoms with E-state index >= 15 is 0 Å². The second kappa shape index (κ2) is 41.9. The van der Waals surface area contributed by atoms with E-state index in [1.54, 1.807) is 41.5 Å². The van der Waals surface area contributed by atoms with Gasteiger partial charge in [-0.15, -0.1) is 0 Å². The highest BCUT2D eigenvalue weighted by Crippen LogP contribution is 2.66. The molecule has 0 spiro atoms. The molecular formula is C108H168O29S. The van der Waals surface area contributed by atoms with Gasteiger partial charge < -0.3 is 66.7 Å². The molecule has 1 N–H and O–H groups in total. The maximum atomic E-state index is 12.8. The van der Waals surface area contributed by atoms with E-state index in [4.69, 9.17) is 65.8 Å². The summed E-state index contributed by atoms with van der Waals surface area (Å²) in [6.45, 7) is 41.7. The third kappa shape index (κ3) is 23.1. The monoisotopic (exact) mass is 1960 g/mol. The molecule has 22 fully saturated rings. The average molecular weight is 1960 g/mol. The van der Waals surface area contributed by atoms with Crippen molar-refractivity contribution in [3.05, 3.63) is 0 Å². The molecule has 30 heteroatoms. The van der Waals surface area contributed by atoms with Gasteiger partial charge in [0.2, 0.25) is 0 Å². The summed E-state index contributed by atoms with van der Waals surface area (Å²) >= 11 is 0. The van der Waals surface area contributed by atoms with Crippen LogP contribution >= 0.6 is 0 Å². The zero-order chi connectivity index (χ0) is 101. The van der Waals surface area contributed by atoms with Gasteiger partial charge in [-0.3, -0.25) is 47.3 Å². The van der Waals surface area contributed by atoms with Crippen LogP contribution in [-0.2, 0) is 133 Å². The van der Waals surface area contributed by atoms with E-state index in [-0.39, 0.29) is 113 Å². The van der Waals surface area contributed by atoms with Crippen LogP contribution in [0.2, 0.25) is 0 Å². The van der Waals surface area contributed by atoms with Crippen molar-refractivity contribution < 1.29 is 137 Å². The van der Waals surface area contributed by atoms with Crippen molar-refractivity contribution in [2.45, 2.75) is 434 Å². The topological polar surface area (TPSA) is 388 Å². The lowest BCUT2D eigenvalue weighted by Crippen LogP contribution is -2.63. The predicted octanol–water partition coefficient (Wildman–Crippen LogP) is 17.6. The largest absolute Gasteiger partial charge is 0.462 e. The molecule has 4 aliphatic heterocycles. The first-order chi connectivity index (χ1) is 64.5. The molecule has 0 aromatic rings. The van der Waals surface area contributed by atoms with E-state index in [0.29, 0.717) is 98.2 Å². The number of fused-ring (bicyclic) bond motifs is 2. The Kier molecular flexibility index (Phi) is 33.0. The average Bonchev–Trinajstić information content (AvgIpc) is 1.50. The Morgan fingerprint density at radius 3 is 1.28 bits per heavy atom. The zero-order valence-corrected chi connectivity index (χ0v) is 87.9. The first-order valence-electron chi connectivity index (χ1n) is 53.1. The fourth-order valence-corrected chi connectivity index (χ4v) is 29.9. The summed E-state index contributed by atoms with van der Waals surface area (Å²) in [6.07, 6.45) is 28.6. The summed E-state index contributed by atoms with van der Waals surface area (Å²) in [5.74, 6) is 5.20. The number of hydrogen-bond donors (Lipinski definition) is 1. The lowest BCUT2D eigenvalue weighted by atomic mass is 9.47. The van der Waals surface area contributed by atoms with Gasteiger partial charge >= 0.3 is 71.6 Å². The molecule has 780 valence electrons. The van der Waals surface area contributed by atoms with Crippen molar-refractivity contribution >= 4 is 81.7 Å². The zero-order valence-electron chi connectivity index (χ0n) is 87.1. The molecule has 0 aromatic heterocycles. The van der Waals surface area contributed by atoms with Gasteiger partial charge in [0.15, 0.2) is 32.0 Å². The number of aliphatic hydroxyl groups is 1. The molecule has 20 bridgehead atoms. The van der Waals surface area contributed by atoms with Gasteiger partial charge in [-0.25, -0.2) is 14.4 Å². The number of rotatable bonds is 32. The molecule has 138 heavy (non-hydrogen) atoms. The minimum absolute atomic E-state index is 0.00904. The van der Waals surface area contributed by atoms with E-state index in [9.17, 15) is 71.1 Å². The molecule has 29 nitrogen and oxygen atoms in total. The van der Waals surface area contributed by atoms with E-state index in [2.05, 4.69) is 41.5 Å². The third-order valence-corrected chi connectivity index (χ3v) is 39.6. The van der Waals surface area contributed by atoms with Crippen LogP contribution in [0.3, 0.4) is 0 Å². The quantitative estimate of drug-likeness (QED) is 0.0283. The van der Waals surface area contributed by atoms with Crippen molar-refractivity contribution in [1.82, 2.24) is 0 Å². The SMILES string of the molecule is CCC(C)(C)C(=O)OC1(C(C)C)C2CC3CC(C2)CC1C3.CCC(C)(C)C(=O)OC1(CC)C2CC3CC(C2)CC1C3.CCC(C)(C)C(=O)OC12CC3CC(CC(O)(C3)C1)C2.CCC(C)(C)C(=O)OCC(=O)OC1C2CC3C(=O)OC1C3O2.CCC(C)(C)C(=O)OCC(=O)OCC(=O)OC1(C)C2CC3CC(C2)CC1C3.CCC(C)(C)C(=O)OCCOC(=O)CCC(=O)OC1C2CC3C1OS(=O)(=O)C3C2. The minimum Gasteiger partial charge on any atom is -0.462 e. The highest BCUT2D eigenvalue weighted by molar-refractivity contribution is 7.87. The van der Waals surface area contributed by atoms with Gasteiger partial charge in [0.25, 0.3) is 10.1 Å². The molecule has 0 amide bonds. The van der Waals surface area contributed by atoms with Crippen molar-refractivity contribution in [1.29, 1.82) is 0 Å². The Labute approximate surface area is 820 Å². The van der Waals surface area contributed by atoms with Crippen molar-refractivity contribution in [3.8, 4) is 0 Å². The summed E-state index contributed by atoms with van der Waals surface area (Å²) < 4.78 is 99.9. The standard InChI is InChI=1S/C21H32O6.C19H28O9S.C19H32O2.C18H30O2.C16H26O3.C15H20O7/c1-5-20(2,3)19(24)26-11-17(22)25-12-18(23)27-21(4)15-7-13-6-14(9-15)10-16(21)8-13;1-4-19(2,3)18(22)26-8-7-25-14(20)5-6-15(21)27-16-11-9-12-13(10-11)29(23,24)28-17(12)16;1-6-18(4,5)17(20)21-19(12(2)3)15-8-13-7-14(10-15)11-16(19)9-13;1-5-17(3,4)16(19)20-18(6-2)14-8-12-7-13(10-14)11-15(18)9-12;1-4-14(2,3)13(17)19-16-8-11-5-12(9-16)7-15(18,6-11)10-16;1-4-15(2,3)14(18)19-6-9(16)21-11-8-5-7-10(20-8)12(11)22-13(7)17/h13-16H,5-12H2,1-4H3;11-13,16-17H,4-10H2,1-3H3;12-16H,6-11H2,1-5H3;12-15H,5-11H2,1-4H3;11-12,18H,4-10H2,1-3H3;7-8,10-12H,4-6H2,1-3H3. The van der Waals surface area contributed by atoms with Crippen LogP contribution in [-0.4, -0.2) is 188 Å². The molecule has 22 rings (SSSR count). The first kappa shape index (κ1) is 109. The lowest BCUT2D eigenvalue weighted by molar-refractivity contribution is -0.231. The number of ether oxygens (including phenoxy) is 13. The smallest absolute Gasteiger partial charge is 0.344 e. The Morgan fingerprint density at radius 2 is 0.812 bits per heavy atom. The van der Waals surface area contributed by atoms with Gasteiger partial charge in [0, 0.05) is 18.3 Å². The molecular weight excluding hydrogens is 1790 g/mol. The first-order valence-corrected chi connectivity index (χ1v) is 54.6. The normalized spacial score (nSPS) is 37.6. The predicted molar refractivity (Wildman–Crippen MR) is 506 cm³/mol. The van der Waals surface area contributed by atoms with Crippen LogP contribution in [0.15, 0.2) is 0 Å². The van der Waals surface area contributed by atoms with Crippen LogP contribution in [0.25, 0.3) is 0 Å². The highest BCUT2D eigenvalue weighted by atomic mass is 32.2. The van der Waals surface area contributed by atoms with Gasteiger partial charge in [-0.2, -0.15) is 8.42 Å². The minimum atomic E-state index is -3.56. The molecule has 18 aliphatic carbocycles. The van der Waals surface area contributed by atoms with E-state index in [1.807, 2.05) is 69.2 Å². The second-order valence-electron chi connectivity index (χ2n) is 49.8. The van der Waals surface area contributed by atoms with Gasteiger partial charge in [-0.05, 0) is 371 Å². The van der Waals surface area contributed by atoms with E-state index < -0.39 is 134 Å². The number of hydrogen-bond acceptors (Lipinski definition) is 29. The van der Waals surface area contributed by atoms with Gasteiger partial charge in [-0.1, -0.05) is 62.3 Å². The van der Waals surface area contributed by atoms with Gasteiger partial charge in [0.1, 0.15) is 53.9 Å². The Balaban J connectivity index is 0.000000141. The van der Waals surface area contributed by atoms with Crippen molar-refractivity contribution in [3.63, 3.8) is 0 Å².